The first kappa shape index (κ1) is 15.2. The highest BCUT2D eigenvalue weighted by molar-refractivity contribution is 6.04. The Balaban J connectivity index is 2.73. The fourth-order valence-electron chi connectivity index (χ4n) is 2.33. The number of hydrogen-bond donors (Lipinski definition) is 3. The molecule has 0 spiro atoms. The van der Waals surface area contributed by atoms with E-state index in [9.17, 15) is 14.4 Å². The molecule has 0 bridgehead atoms. The third-order valence-electron chi connectivity index (χ3n) is 3.46. The Morgan fingerprint density at radius 1 is 0.773 bits per heavy atom. The van der Waals surface area contributed by atoms with Crippen molar-refractivity contribution in [3.8, 4) is 11.1 Å². The Morgan fingerprint density at radius 3 is 1.95 bits per heavy atom. The first-order valence-corrected chi connectivity index (χ1v) is 6.46. The SMILES string of the molecule is Cc1c(C(N)=O)cccc1-c1ccc(C(N)=O)cc1C(N)=O. The molecule has 0 aliphatic heterocycles. The highest BCUT2D eigenvalue weighted by Crippen LogP contribution is 2.29. The quantitative estimate of drug-likeness (QED) is 0.777. The predicted molar refractivity (Wildman–Crippen MR) is 82.2 cm³/mol. The number of benzene rings is 2. The van der Waals surface area contributed by atoms with Gasteiger partial charge in [0.2, 0.25) is 17.7 Å². The Kier molecular flexibility index (Phi) is 3.94. The maximum absolute atomic E-state index is 11.7. The predicted octanol–water partition coefficient (Wildman–Crippen LogP) is 0.959. The molecule has 3 amide bonds. The highest BCUT2D eigenvalue weighted by atomic mass is 16.2. The van der Waals surface area contributed by atoms with Gasteiger partial charge in [0, 0.05) is 16.7 Å². The van der Waals surface area contributed by atoms with Crippen molar-refractivity contribution in [2.75, 3.05) is 0 Å². The standard InChI is InChI=1S/C16H15N3O3/c1-8-10(3-2-4-11(8)15(18)21)12-6-5-9(14(17)20)7-13(12)16(19)22/h2-7H,1H3,(H2,17,20)(H2,18,21)(H2,19,22). The zero-order valence-electron chi connectivity index (χ0n) is 11.9. The Bertz CT molecular complexity index is 797. The molecule has 0 unspecified atom stereocenters. The largest absolute Gasteiger partial charge is 0.366 e. The molecule has 22 heavy (non-hydrogen) atoms. The molecule has 0 atom stereocenters. The molecule has 0 radical (unpaired) electrons. The van der Waals surface area contributed by atoms with Crippen LogP contribution in [0.25, 0.3) is 11.1 Å². The van der Waals surface area contributed by atoms with Gasteiger partial charge in [0.05, 0.1) is 0 Å². The molecule has 6 N–H and O–H groups in total. The van der Waals surface area contributed by atoms with E-state index in [0.29, 0.717) is 22.3 Å². The van der Waals surface area contributed by atoms with Crippen LogP contribution in [-0.4, -0.2) is 17.7 Å². The fourth-order valence-corrected chi connectivity index (χ4v) is 2.33. The van der Waals surface area contributed by atoms with Crippen LogP contribution in [0.3, 0.4) is 0 Å². The molecule has 0 saturated heterocycles. The first-order valence-electron chi connectivity index (χ1n) is 6.46. The second-order valence-corrected chi connectivity index (χ2v) is 4.83. The summed E-state index contributed by atoms with van der Waals surface area (Å²) in [6, 6.07) is 9.43. The summed E-state index contributed by atoms with van der Waals surface area (Å²) in [6.07, 6.45) is 0. The number of primary amides is 3. The van der Waals surface area contributed by atoms with E-state index in [2.05, 4.69) is 0 Å². The van der Waals surface area contributed by atoms with Crippen LogP contribution in [0.1, 0.15) is 36.6 Å². The number of hydrogen-bond acceptors (Lipinski definition) is 3. The lowest BCUT2D eigenvalue weighted by Gasteiger charge is -2.13. The Morgan fingerprint density at radius 2 is 1.41 bits per heavy atom. The molecule has 0 aliphatic rings. The van der Waals surface area contributed by atoms with Crippen LogP contribution < -0.4 is 17.2 Å². The van der Waals surface area contributed by atoms with E-state index in [1.807, 2.05) is 0 Å². The van der Waals surface area contributed by atoms with Gasteiger partial charge in [-0.25, -0.2) is 0 Å². The number of amides is 3. The monoisotopic (exact) mass is 297 g/mol. The number of carbonyl (C=O) groups is 3. The van der Waals surface area contributed by atoms with Gasteiger partial charge in [0.15, 0.2) is 0 Å². The minimum absolute atomic E-state index is 0.154. The fraction of sp³-hybridized carbons (Fsp3) is 0.0625. The van der Waals surface area contributed by atoms with Crippen LogP contribution in [-0.2, 0) is 0 Å². The molecule has 2 aromatic rings. The maximum Gasteiger partial charge on any atom is 0.249 e. The van der Waals surface area contributed by atoms with Crippen LogP contribution >= 0.6 is 0 Å². The molecule has 2 rings (SSSR count). The molecular weight excluding hydrogens is 282 g/mol. The highest BCUT2D eigenvalue weighted by Gasteiger charge is 2.16. The summed E-state index contributed by atoms with van der Waals surface area (Å²) < 4.78 is 0. The molecule has 0 aromatic heterocycles. The van der Waals surface area contributed by atoms with Crippen LogP contribution in [0, 0.1) is 6.92 Å². The molecule has 0 aliphatic carbocycles. The van der Waals surface area contributed by atoms with Crippen molar-refractivity contribution >= 4 is 17.7 Å². The normalized spacial score (nSPS) is 10.2. The topological polar surface area (TPSA) is 129 Å². The second kappa shape index (κ2) is 5.69. The summed E-state index contributed by atoms with van der Waals surface area (Å²) in [5.74, 6) is -1.91. The van der Waals surface area contributed by atoms with Gasteiger partial charge < -0.3 is 17.2 Å². The zero-order chi connectivity index (χ0) is 16.4. The summed E-state index contributed by atoms with van der Waals surface area (Å²) in [5.41, 5.74) is 18.4. The van der Waals surface area contributed by atoms with E-state index in [0.717, 1.165) is 0 Å². The summed E-state index contributed by atoms with van der Waals surface area (Å²) >= 11 is 0. The molecule has 112 valence electrons. The van der Waals surface area contributed by atoms with Gasteiger partial charge in [0.1, 0.15) is 0 Å². The molecular formula is C16H15N3O3. The van der Waals surface area contributed by atoms with E-state index in [1.165, 1.54) is 12.1 Å². The number of rotatable bonds is 4. The lowest BCUT2D eigenvalue weighted by Crippen LogP contribution is -2.17. The summed E-state index contributed by atoms with van der Waals surface area (Å²) in [7, 11) is 0. The molecule has 0 fully saturated rings. The minimum Gasteiger partial charge on any atom is -0.366 e. The van der Waals surface area contributed by atoms with E-state index in [4.69, 9.17) is 17.2 Å². The first-order chi connectivity index (χ1) is 10.3. The van der Waals surface area contributed by atoms with Gasteiger partial charge in [-0.15, -0.1) is 0 Å². The molecule has 6 heteroatoms. The molecule has 2 aromatic carbocycles. The van der Waals surface area contributed by atoms with Crippen LogP contribution in [0.2, 0.25) is 0 Å². The van der Waals surface area contributed by atoms with E-state index >= 15 is 0 Å². The van der Waals surface area contributed by atoms with E-state index in [1.54, 1.807) is 31.2 Å². The van der Waals surface area contributed by atoms with Gasteiger partial charge in [-0.05, 0) is 41.8 Å². The van der Waals surface area contributed by atoms with Gasteiger partial charge >= 0.3 is 0 Å². The van der Waals surface area contributed by atoms with Crippen molar-refractivity contribution in [3.63, 3.8) is 0 Å². The smallest absolute Gasteiger partial charge is 0.249 e. The van der Waals surface area contributed by atoms with Crippen LogP contribution in [0.4, 0.5) is 0 Å². The van der Waals surface area contributed by atoms with E-state index in [-0.39, 0.29) is 11.1 Å². The van der Waals surface area contributed by atoms with Crippen LogP contribution in [0.15, 0.2) is 36.4 Å². The number of nitrogens with two attached hydrogens (primary N) is 3. The molecule has 0 saturated carbocycles. The lowest BCUT2D eigenvalue weighted by molar-refractivity contribution is 0.0989. The Hall–Kier alpha value is -3.15. The van der Waals surface area contributed by atoms with Crippen molar-refractivity contribution in [2.24, 2.45) is 17.2 Å². The lowest BCUT2D eigenvalue weighted by atomic mass is 9.91. The average molecular weight is 297 g/mol. The van der Waals surface area contributed by atoms with Crippen molar-refractivity contribution in [1.82, 2.24) is 0 Å². The molecule has 6 nitrogen and oxygen atoms in total. The summed E-state index contributed by atoms with van der Waals surface area (Å²) in [4.78, 5) is 34.4. The minimum atomic E-state index is -0.693. The summed E-state index contributed by atoms with van der Waals surface area (Å²) in [6.45, 7) is 1.72. The zero-order valence-corrected chi connectivity index (χ0v) is 11.9. The van der Waals surface area contributed by atoms with Crippen molar-refractivity contribution < 1.29 is 14.4 Å². The third-order valence-corrected chi connectivity index (χ3v) is 3.46. The molecule has 0 heterocycles. The third kappa shape index (κ3) is 2.67. The summed E-state index contributed by atoms with van der Waals surface area (Å²) in [5, 5.41) is 0. The van der Waals surface area contributed by atoms with Gasteiger partial charge in [-0.3, -0.25) is 14.4 Å². The second-order valence-electron chi connectivity index (χ2n) is 4.83. The van der Waals surface area contributed by atoms with Gasteiger partial charge in [0.25, 0.3) is 0 Å². The van der Waals surface area contributed by atoms with Crippen molar-refractivity contribution in [2.45, 2.75) is 6.92 Å². The van der Waals surface area contributed by atoms with Gasteiger partial charge in [-0.1, -0.05) is 18.2 Å². The maximum atomic E-state index is 11.7. The van der Waals surface area contributed by atoms with Crippen LogP contribution in [0.5, 0.6) is 0 Å². The number of carbonyl (C=O) groups excluding carboxylic acids is 3. The van der Waals surface area contributed by atoms with Crippen molar-refractivity contribution in [3.05, 3.63) is 58.7 Å². The van der Waals surface area contributed by atoms with Gasteiger partial charge in [-0.2, -0.15) is 0 Å². The van der Waals surface area contributed by atoms with E-state index < -0.39 is 17.7 Å². The van der Waals surface area contributed by atoms with Crippen molar-refractivity contribution in [1.29, 1.82) is 0 Å². The Labute approximate surface area is 126 Å². The average Bonchev–Trinajstić information content (AvgIpc) is 2.46.